The SMILES string of the molecule is CC.CCCCCCCCC.O=C(NCB(O)O)C1CCCN1C(=O)CNCC1CCCCC1.O=C(O)N1Cc2ccccc2C1. The Kier molecular flexibility index (Phi) is 22.9. The van der Waals surface area contributed by atoms with E-state index in [0.29, 0.717) is 32.0 Å². The first-order valence-corrected chi connectivity index (χ1v) is 17.9. The summed E-state index contributed by atoms with van der Waals surface area (Å²) in [6.07, 6.45) is 16.7. The first kappa shape index (κ1) is 41.4. The molecule has 1 saturated heterocycles. The molecule has 11 heteroatoms. The van der Waals surface area contributed by atoms with Crippen molar-refractivity contribution < 1.29 is 29.5 Å². The third-order valence-electron chi connectivity index (χ3n) is 8.59. The van der Waals surface area contributed by atoms with E-state index in [4.69, 9.17) is 15.2 Å². The molecule has 2 fully saturated rings. The minimum absolute atomic E-state index is 0.0528. The van der Waals surface area contributed by atoms with Gasteiger partial charge in [-0.25, -0.2) is 4.79 Å². The molecular formula is C35H63BN4O6. The van der Waals surface area contributed by atoms with E-state index in [1.807, 2.05) is 38.1 Å². The van der Waals surface area contributed by atoms with Crippen molar-refractivity contribution in [3.8, 4) is 0 Å². The molecule has 0 aromatic heterocycles. The first-order chi connectivity index (χ1) is 22.3. The van der Waals surface area contributed by atoms with Crippen molar-refractivity contribution in [2.24, 2.45) is 5.92 Å². The Morgan fingerprint density at radius 3 is 1.93 bits per heavy atom. The van der Waals surface area contributed by atoms with Crippen LogP contribution in [0.4, 0.5) is 4.79 Å². The molecule has 2 aliphatic heterocycles. The topological polar surface area (TPSA) is 142 Å². The number of carboxylic acid groups (broad SMARTS) is 1. The highest BCUT2D eigenvalue weighted by molar-refractivity contribution is 6.41. The van der Waals surface area contributed by atoms with Gasteiger partial charge in [0.2, 0.25) is 11.8 Å². The zero-order valence-electron chi connectivity index (χ0n) is 29.1. The van der Waals surface area contributed by atoms with Crippen LogP contribution in [-0.4, -0.2) is 82.1 Å². The number of carbonyl (C=O) groups is 3. The molecule has 0 spiro atoms. The lowest BCUT2D eigenvalue weighted by molar-refractivity contribution is -0.137. The lowest BCUT2D eigenvalue weighted by Gasteiger charge is -2.25. The summed E-state index contributed by atoms with van der Waals surface area (Å²) in [5, 5.41) is 32.0. The van der Waals surface area contributed by atoms with Gasteiger partial charge < -0.3 is 30.7 Å². The van der Waals surface area contributed by atoms with Crippen LogP contribution in [0, 0.1) is 5.92 Å². The Hall–Kier alpha value is -2.63. The summed E-state index contributed by atoms with van der Waals surface area (Å²) in [5.41, 5.74) is 2.25. The maximum atomic E-state index is 12.3. The van der Waals surface area contributed by atoms with Crippen LogP contribution in [0.3, 0.4) is 0 Å². The van der Waals surface area contributed by atoms with E-state index in [0.717, 1.165) is 24.1 Å². The van der Waals surface area contributed by atoms with Gasteiger partial charge in [-0.3, -0.25) is 14.5 Å². The zero-order chi connectivity index (χ0) is 34.2. The molecule has 10 nitrogen and oxygen atoms in total. The summed E-state index contributed by atoms with van der Waals surface area (Å²) in [6.45, 7) is 11.3. The molecule has 1 unspecified atom stereocenters. The van der Waals surface area contributed by atoms with Crippen molar-refractivity contribution in [3.63, 3.8) is 0 Å². The number of nitrogens with one attached hydrogen (secondary N) is 2. The molecule has 0 radical (unpaired) electrons. The van der Waals surface area contributed by atoms with E-state index in [1.54, 1.807) is 4.90 Å². The number of rotatable bonds is 13. The average molecular weight is 647 g/mol. The molecule has 1 aromatic rings. The number of likely N-dealkylation sites (tertiary alicyclic amines) is 1. The molecular weight excluding hydrogens is 583 g/mol. The zero-order valence-corrected chi connectivity index (χ0v) is 29.1. The monoisotopic (exact) mass is 646 g/mol. The fourth-order valence-corrected chi connectivity index (χ4v) is 6.02. The Morgan fingerprint density at radius 2 is 1.41 bits per heavy atom. The van der Waals surface area contributed by atoms with Crippen LogP contribution < -0.4 is 10.6 Å². The van der Waals surface area contributed by atoms with E-state index in [1.165, 1.54) is 81.9 Å². The van der Waals surface area contributed by atoms with Crippen molar-refractivity contribution in [2.45, 2.75) is 137 Å². The third kappa shape index (κ3) is 16.8. The summed E-state index contributed by atoms with van der Waals surface area (Å²) in [7, 11) is -1.57. The fourth-order valence-electron chi connectivity index (χ4n) is 6.02. The number of hydrogen-bond donors (Lipinski definition) is 5. The highest BCUT2D eigenvalue weighted by atomic mass is 16.4. The lowest BCUT2D eigenvalue weighted by Crippen LogP contribution is -2.50. The van der Waals surface area contributed by atoms with Crippen LogP contribution in [0.15, 0.2) is 24.3 Å². The Bertz CT molecular complexity index is 945. The van der Waals surface area contributed by atoms with E-state index in [-0.39, 0.29) is 24.8 Å². The quantitative estimate of drug-likeness (QED) is 0.136. The molecule has 46 heavy (non-hydrogen) atoms. The van der Waals surface area contributed by atoms with E-state index in [2.05, 4.69) is 24.5 Å². The predicted molar refractivity (Wildman–Crippen MR) is 186 cm³/mol. The second-order valence-electron chi connectivity index (χ2n) is 12.3. The number of unbranched alkanes of at least 4 members (excludes halogenated alkanes) is 6. The molecule has 5 N–H and O–H groups in total. The standard InChI is InChI=1S/C15H28BN3O4.C9H9NO2.C9H20.C2H6/c20-14(10-17-9-12-5-2-1-3-6-12)19-8-4-7-13(19)15(21)18-11-16(22)23;11-9(12)10-5-7-3-1-2-4-8(7)6-10;1-3-5-7-9-8-6-4-2;1-2/h12-13,17,22-23H,1-11H2,(H,18,21);1-4H,5-6H2,(H,11,12);3-9H2,1-2H3;1-2H3. The Balaban J connectivity index is 0.000000383. The highest BCUT2D eigenvalue weighted by Gasteiger charge is 2.34. The van der Waals surface area contributed by atoms with Crippen LogP contribution in [0.1, 0.15) is 129 Å². The van der Waals surface area contributed by atoms with E-state index in [9.17, 15) is 14.4 Å². The number of carbonyl (C=O) groups excluding carboxylic acids is 2. The lowest BCUT2D eigenvalue weighted by atomic mass is 9.89. The minimum Gasteiger partial charge on any atom is -0.465 e. The molecule has 4 rings (SSSR count). The Morgan fingerprint density at radius 1 is 0.848 bits per heavy atom. The molecule has 1 aromatic carbocycles. The van der Waals surface area contributed by atoms with Crippen molar-refractivity contribution in [3.05, 3.63) is 35.4 Å². The van der Waals surface area contributed by atoms with Gasteiger partial charge in [-0.05, 0) is 49.3 Å². The summed E-state index contributed by atoms with van der Waals surface area (Å²) >= 11 is 0. The number of nitrogens with zero attached hydrogens (tertiary/aromatic N) is 2. The number of fused-ring (bicyclic) bond motifs is 1. The van der Waals surface area contributed by atoms with Gasteiger partial charge in [0.05, 0.1) is 13.0 Å². The van der Waals surface area contributed by atoms with Gasteiger partial charge in [0.15, 0.2) is 0 Å². The van der Waals surface area contributed by atoms with Crippen LogP contribution in [0.5, 0.6) is 0 Å². The smallest absolute Gasteiger partial charge is 0.465 e. The maximum absolute atomic E-state index is 12.3. The van der Waals surface area contributed by atoms with Gasteiger partial charge in [-0.2, -0.15) is 0 Å². The van der Waals surface area contributed by atoms with Crippen LogP contribution in [0.25, 0.3) is 0 Å². The second-order valence-corrected chi connectivity index (χ2v) is 12.3. The van der Waals surface area contributed by atoms with Crippen molar-refractivity contribution in [1.82, 2.24) is 20.4 Å². The van der Waals surface area contributed by atoms with Gasteiger partial charge in [-0.1, -0.05) is 116 Å². The van der Waals surface area contributed by atoms with Gasteiger partial charge >= 0.3 is 13.2 Å². The van der Waals surface area contributed by atoms with Crippen LogP contribution in [0.2, 0.25) is 0 Å². The van der Waals surface area contributed by atoms with Crippen molar-refractivity contribution in [1.29, 1.82) is 0 Å². The molecule has 2 heterocycles. The molecule has 1 saturated carbocycles. The molecule has 1 aliphatic carbocycles. The van der Waals surface area contributed by atoms with Crippen LogP contribution >= 0.6 is 0 Å². The van der Waals surface area contributed by atoms with Gasteiger partial charge in [-0.15, -0.1) is 0 Å². The molecule has 3 amide bonds. The summed E-state index contributed by atoms with van der Waals surface area (Å²) in [5.74, 6) is 0.305. The van der Waals surface area contributed by atoms with Gasteiger partial charge in [0.1, 0.15) is 6.04 Å². The highest BCUT2D eigenvalue weighted by Crippen LogP contribution is 2.23. The minimum atomic E-state index is -1.57. The summed E-state index contributed by atoms with van der Waals surface area (Å²) in [6, 6.07) is 7.32. The number of benzene rings is 1. The van der Waals surface area contributed by atoms with Crippen LogP contribution in [-0.2, 0) is 22.7 Å². The third-order valence-corrected chi connectivity index (χ3v) is 8.59. The van der Waals surface area contributed by atoms with E-state index >= 15 is 0 Å². The molecule has 262 valence electrons. The second kappa shape index (κ2) is 25.5. The largest absolute Gasteiger partial charge is 0.472 e. The number of hydrogen-bond acceptors (Lipinski definition) is 6. The number of amides is 3. The Labute approximate surface area is 278 Å². The molecule has 1 atom stereocenters. The molecule has 3 aliphatic rings. The fraction of sp³-hybridized carbons (Fsp3) is 0.743. The van der Waals surface area contributed by atoms with Crippen molar-refractivity contribution >= 4 is 25.0 Å². The maximum Gasteiger partial charge on any atom is 0.472 e. The van der Waals surface area contributed by atoms with Gasteiger partial charge in [0.25, 0.3) is 0 Å². The van der Waals surface area contributed by atoms with E-state index < -0.39 is 19.3 Å². The molecule has 0 bridgehead atoms. The normalized spacial score (nSPS) is 17.0. The van der Waals surface area contributed by atoms with Crippen molar-refractivity contribution in [2.75, 3.05) is 26.1 Å². The average Bonchev–Trinajstić information content (AvgIpc) is 3.74. The summed E-state index contributed by atoms with van der Waals surface area (Å²) < 4.78 is 0. The summed E-state index contributed by atoms with van der Waals surface area (Å²) in [4.78, 5) is 38.0. The first-order valence-electron chi connectivity index (χ1n) is 17.9. The predicted octanol–water partition coefficient (Wildman–Crippen LogP) is 5.74. The van der Waals surface area contributed by atoms with Gasteiger partial charge in [0, 0.05) is 19.6 Å².